The zero-order valence-corrected chi connectivity index (χ0v) is 18.8. The Labute approximate surface area is 182 Å². The summed E-state index contributed by atoms with van der Waals surface area (Å²) in [5, 5.41) is 3.50. The van der Waals surface area contributed by atoms with Gasteiger partial charge in [-0.2, -0.15) is 4.31 Å². The van der Waals surface area contributed by atoms with Crippen LogP contribution in [0.2, 0.25) is 5.02 Å². The molecule has 2 aromatic carbocycles. The summed E-state index contributed by atoms with van der Waals surface area (Å²) in [6.07, 6.45) is 1.82. The standard InChI is InChI=1S/C22H26ClN3O3S/c1-22(2)15-25(14-21(27)24-17-7-5-16(23)6-8-17)20-10-9-18(13-19(20)22)30(28,29)26-11-3-4-12-26/h5-10,13H,3-4,11-12,14-15H2,1-2H3,(H,24,27). The predicted octanol–water partition coefficient (Wildman–Crippen LogP) is 3.86. The Morgan fingerprint density at radius 2 is 1.77 bits per heavy atom. The molecule has 2 aliphatic rings. The molecular formula is C22H26ClN3O3S. The van der Waals surface area contributed by atoms with Gasteiger partial charge in [-0.1, -0.05) is 25.4 Å². The highest BCUT2D eigenvalue weighted by Gasteiger charge is 2.37. The first-order valence-corrected chi connectivity index (χ1v) is 11.9. The summed E-state index contributed by atoms with van der Waals surface area (Å²) in [5.74, 6) is -0.130. The zero-order chi connectivity index (χ0) is 21.5. The van der Waals surface area contributed by atoms with Gasteiger partial charge in [0.05, 0.1) is 11.4 Å². The molecule has 2 aromatic rings. The summed E-state index contributed by atoms with van der Waals surface area (Å²) in [6.45, 7) is 6.16. The van der Waals surface area contributed by atoms with Crippen molar-refractivity contribution in [3.05, 3.63) is 53.1 Å². The van der Waals surface area contributed by atoms with Crippen LogP contribution < -0.4 is 10.2 Å². The second-order valence-corrected chi connectivity index (χ2v) is 11.0. The molecule has 0 aliphatic carbocycles. The second kappa shape index (κ2) is 7.87. The van der Waals surface area contributed by atoms with E-state index in [2.05, 4.69) is 19.2 Å². The SMILES string of the molecule is CC1(C)CN(CC(=O)Nc2ccc(Cl)cc2)c2ccc(S(=O)(=O)N3CCCC3)cc21. The molecule has 1 N–H and O–H groups in total. The molecule has 160 valence electrons. The van der Waals surface area contributed by atoms with Crippen molar-refractivity contribution < 1.29 is 13.2 Å². The minimum Gasteiger partial charge on any atom is -0.361 e. The molecule has 8 heteroatoms. The second-order valence-electron chi connectivity index (χ2n) is 8.59. The van der Waals surface area contributed by atoms with Gasteiger partial charge in [0.25, 0.3) is 0 Å². The van der Waals surface area contributed by atoms with Crippen molar-refractivity contribution in [2.24, 2.45) is 0 Å². The molecule has 1 saturated heterocycles. The van der Waals surface area contributed by atoms with Crippen molar-refractivity contribution in [3.63, 3.8) is 0 Å². The lowest BCUT2D eigenvalue weighted by atomic mass is 9.87. The van der Waals surface area contributed by atoms with E-state index < -0.39 is 10.0 Å². The summed E-state index contributed by atoms with van der Waals surface area (Å²) < 4.78 is 27.5. The van der Waals surface area contributed by atoms with Crippen molar-refractivity contribution in [2.75, 3.05) is 36.4 Å². The maximum atomic E-state index is 13.0. The van der Waals surface area contributed by atoms with Gasteiger partial charge >= 0.3 is 0 Å². The van der Waals surface area contributed by atoms with E-state index >= 15 is 0 Å². The fourth-order valence-corrected chi connectivity index (χ4v) is 5.94. The van der Waals surface area contributed by atoms with Crippen molar-refractivity contribution in [1.29, 1.82) is 0 Å². The first kappa shape index (κ1) is 21.2. The van der Waals surface area contributed by atoms with Gasteiger partial charge in [-0.05, 0) is 60.9 Å². The summed E-state index contributed by atoms with van der Waals surface area (Å²) in [4.78, 5) is 14.9. The van der Waals surface area contributed by atoms with Gasteiger partial charge in [-0.25, -0.2) is 8.42 Å². The van der Waals surface area contributed by atoms with E-state index in [0.717, 1.165) is 24.1 Å². The van der Waals surface area contributed by atoms with Crippen molar-refractivity contribution in [2.45, 2.75) is 37.0 Å². The number of fused-ring (bicyclic) bond motifs is 1. The van der Waals surface area contributed by atoms with Gasteiger partial charge in [0, 0.05) is 41.4 Å². The molecule has 0 atom stereocenters. The highest BCUT2D eigenvalue weighted by atomic mass is 35.5. The van der Waals surface area contributed by atoms with Crippen molar-refractivity contribution >= 4 is 38.9 Å². The summed E-state index contributed by atoms with van der Waals surface area (Å²) in [7, 11) is -3.47. The van der Waals surface area contributed by atoms with E-state index in [4.69, 9.17) is 11.6 Å². The molecule has 1 amide bonds. The lowest BCUT2D eigenvalue weighted by Gasteiger charge is -2.22. The number of halogens is 1. The smallest absolute Gasteiger partial charge is 0.243 e. The van der Waals surface area contributed by atoms with E-state index in [1.54, 1.807) is 40.7 Å². The quantitative estimate of drug-likeness (QED) is 0.755. The number of amides is 1. The normalized spacial score (nSPS) is 18.4. The van der Waals surface area contributed by atoms with Crippen molar-refractivity contribution in [3.8, 4) is 0 Å². The number of rotatable bonds is 5. The molecule has 2 aliphatic heterocycles. The Hall–Kier alpha value is -2.09. The molecule has 0 radical (unpaired) electrons. The van der Waals surface area contributed by atoms with Gasteiger partial charge < -0.3 is 10.2 Å². The van der Waals surface area contributed by atoms with Crippen LogP contribution in [0.3, 0.4) is 0 Å². The third-order valence-corrected chi connectivity index (χ3v) is 7.94. The van der Waals surface area contributed by atoms with Gasteiger partial charge in [0.15, 0.2) is 0 Å². The van der Waals surface area contributed by atoms with Crippen LogP contribution in [-0.2, 0) is 20.2 Å². The predicted molar refractivity (Wildman–Crippen MR) is 120 cm³/mol. The highest BCUT2D eigenvalue weighted by Crippen LogP contribution is 2.41. The third kappa shape index (κ3) is 4.06. The van der Waals surface area contributed by atoms with E-state index in [-0.39, 0.29) is 17.9 Å². The number of hydrogen-bond acceptors (Lipinski definition) is 4. The number of nitrogens with one attached hydrogen (secondary N) is 1. The molecule has 0 unspecified atom stereocenters. The Kier molecular flexibility index (Phi) is 5.55. The lowest BCUT2D eigenvalue weighted by molar-refractivity contribution is -0.115. The molecule has 30 heavy (non-hydrogen) atoms. The number of carbonyl (C=O) groups is 1. The fraction of sp³-hybridized carbons (Fsp3) is 0.409. The highest BCUT2D eigenvalue weighted by molar-refractivity contribution is 7.89. The molecular weight excluding hydrogens is 422 g/mol. The van der Waals surface area contributed by atoms with Crippen LogP contribution in [0.5, 0.6) is 0 Å². The van der Waals surface area contributed by atoms with Gasteiger partial charge in [0.1, 0.15) is 0 Å². The zero-order valence-electron chi connectivity index (χ0n) is 17.2. The fourth-order valence-electron chi connectivity index (χ4n) is 4.27. The van der Waals surface area contributed by atoms with Gasteiger partial charge in [-0.3, -0.25) is 4.79 Å². The van der Waals surface area contributed by atoms with Crippen LogP contribution in [0.15, 0.2) is 47.4 Å². The molecule has 6 nitrogen and oxygen atoms in total. The van der Waals surface area contributed by atoms with Crippen LogP contribution in [0.25, 0.3) is 0 Å². The maximum Gasteiger partial charge on any atom is 0.243 e. The summed E-state index contributed by atoms with van der Waals surface area (Å²) in [6, 6.07) is 12.3. The molecule has 4 rings (SSSR count). The number of nitrogens with zero attached hydrogens (tertiary/aromatic N) is 2. The summed E-state index contributed by atoms with van der Waals surface area (Å²) >= 11 is 5.89. The third-order valence-electron chi connectivity index (χ3n) is 5.79. The van der Waals surface area contributed by atoms with Crippen LogP contribution in [0.1, 0.15) is 32.3 Å². The molecule has 1 fully saturated rings. The molecule has 0 saturated carbocycles. The van der Waals surface area contributed by atoms with Crippen LogP contribution in [0.4, 0.5) is 11.4 Å². The molecule has 0 spiro atoms. The van der Waals surface area contributed by atoms with Crippen molar-refractivity contribution in [1.82, 2.24) is 4.31 Å². The van der Waals surface area contributed by atoms with E-state index in [9.17, 15) is 13.2 Å². The number of sulfonamides is 1. The minimum absolute atomic E-state index is 0.130. The van der Waals surface area contributed by atoms with Crippen LogP contribution >= 0.6 is 11.6 Å². The van der Waals surface area contributed by atoms with E-state index in [0.29, 0.717) is 35.2 Å². The monoisotopic (exact) mass is 447 g/mol. The minimum atomic E-state index is -3.47. The number of benzene rings is 2. The average Bonchev–Trinajstić information content (AvgIpc) is 3.31. The van der Waals surface area contributed by atoms with E-state index in [1.807, 2.05) is 11.0 Å². The van der Waals surface area contributed by atoms with Crippen LogP contribution in [-0.4, -0.2) is 44.8 Å². The maximum absolute atomic E-state index is 13.0. The average molecular weight is 448 g/mol. The Morgan fingerprint density at radius 3 is 2.43 bits per heavy atom. The Bertz CT molecular complexity index is 1060. The molecule has 2 heterocycles. The first-order valence-electron chi connectivity index (χ1n) is 10.1. The Morgan fingerprint density at radius 1 is 1.10 bits per heavy atom. The molecule has 0 aromatic heterocycles. The number of anilines is 2. The van der Waals surface area contributed by atoms with Gasteiger partial charge in [0.2, 0.25) is 15.9 Å². The largest absolute Gasteiger partial charge is 0.361 e. The number of hydrogen-bond donors (Lipinski definition) is 1. The van der Waals surface area contributed by atoms with Crippen LogP contribution in [0, 0.1) is 0 Å². The Balaban J connectivity index is 1.55. The van der Waals surface area contributed by atoms with E-state index in [1.165, 1.54) is 0 Å². The topological polar surface area (TPSA) is 69.7 Å². The lowest BCUT2D eigenvalue weighted by Crippen LogP contribution is -2.35. The number of carbonyl (C=O) groups excluding carboxylic acids is 1. The van der Waals surface area contributed by atoms with Gasteiger partial charge in [-0.15, -0.1) is 0 Å². The first-order chi connectivity index (χ1) is 14.2. The summed E-state index contributed by atoms with van der Waals surface area (Å²) in [5.41, 5.74) is 2.30. The molecule has 0 bridgehead atoms.